The van der Waals surface area contributed by atoms with Crippen LogP contribution in [-0.2, 0) is 16.1 Å². The van der Waals surface area contributed by atoms with E-state index in [1.165, 1.54) is 4.40 Å². The summed E-state index contributed by atoms with van der Waals surface area (Å²) in [7, 11) is 0. The molecule has 1 atom stereocenters. The Bertz CT molecular complexity index is 747. The van der Waals surface area contributed by atoms with Crippen molar-refractivity contribution >= 4 is 17.5 Å². The van der Waals surface area contributed by atoms with Gasteiger partial charge in [0, 0.05) is 6.20 Å². The van der Waals surface area contributed by atoms with E-state index in [1.54, 1.807) is 24.4 Å². The van der Waals surface area contributed by atoms with Gasteiger partial charge in [0.15, 0.2) is 5.65 Å². The van der Waals surface area contributed by atoms with Gasteiger partial charge >= 0.3 is 11.7 Å². The van der Waals surface area contributed by atoms with Crippen LogP contribution in [0.15, 0.2) is 29.2 Å². The number of nitrogens with one attached hydrogen (secondary N) is 1. The summed E-state index contributed by atoms with van der Waals surface area (Å²) < 4.78 is 2.33. The van der Waals surface area contributed by atoms with Crippen molar-refractivity contribution in [1.82, 2.24) is 19.5 Å². The van der Waals surface area contributed by atoms with E-state index in [4.69, 9.17) is 5.11 Å². The second-order valence-electron chi connectivity index (χ2n) is 5.46. The Morgan fingerprint density at radius 3 is 2.68 bits per heavy atom. The van der Waals surface area contributed by atoms with Crippen LogP contribution in [0.2, 0.25) is 0 Å². The number of hydrogen-bond donors (Lipinski definition) is 2. The molecule has 22 heavy (non-hydrogen) atoms. The maximum absolute atomic E-state index is 12.0. The van der Waals surface area contributed by atoms with E-state index in [9.17, 15) is 14.4 Å². The van der Waals surface area contributed by atoms with Gasteiger partial charge in [-0.2, -0.15) is 0 Å². The highest BCUT2D eigenvalue weighted by atomic mass is 16.4. The van der Waals surface area contributed by atoms with Crippen LogP contribution >= 0.6 is 0 Å². The Labute approximate surface area is 126 Å². The molecular weight excluding hydrogens is 288 g/mol. The van der Waals surface area contributed by atoms with Gasteiger partial charge in [-0.05, 0) is 24.5 Å². The monoisotopic (exact) mass is 306 g/mol. The quantitative estimate of drug-likeness (QED) is 0.788. The summed E-state index contributed by atoms with van der Waals surface area (Å²) in [6, 6.07) is 4.09. The SMILES string of the molecule is CC(C)C[C@@H](NC(=O)Cn1nc2ccccn2c1=O)C(=O)O. The Hall–Kier alpha value is -2.64. The highest BCUT2D eigenvalue weighted by Crippen LogP contribution is 2.05. The molecule has 2 aromatic heterocycles. The number of carboxylic acids is 1. The summed E-state index contributed by atoms with van der Waals surface area (Å²) in [4.78, 5) is 35.1. The molecule has 2 aromatic rings. The Balaban J connectivity index is 2.11. The second kappa shape index (κ2) is 6.42. The number of pyridine rings is 1. The molecule has 118 valence electrons. The maximum Gasteiger partial charge on any atom is 0.350 e. The van der Waals surface area contributed by atoms with Gasteiger partial charge in [-0.3, -0.25) is 9.20 Å². The topological polar surface area (TPSA) is 106 Å². The van der Waals surface area contributed by atoms with Crippen molar-refractivity contribution in [3.8, 4) is 0 Å². The summed E-state index contributed by atoms with van der Waals surface area (Å²) in [5, 5.41) is 15.5. The third kappa shape index (κ3) is 3.51. The third-order valence-corrected chi connectivity index (χ3v) is 3.12. The number of rotatable bonds is 6. The molecule has 0 aliphatic heterocycles. The first-order chi connectivity index (χ1) is 10.4. The van der Waals surface area contributed by atoms with Crippen molar-refractivity contribution in [2.75, 3.05) is 0 Å². The molecule has 0 unspecified atom stereocenters. The van der Waals surface area contributed by atoms with Crippen molar-refractivity contribution in [3.63, 3.8) is 0 Å². The first-order valence-electron chi connectivity index (χ1n) is 6.95. The lowest BCUT2D eigenvalue weighted by atomic mass is 10.0. The summed E-state index contributed by atoms with van der Waals surface area (Å²) >= 11 is 0. The summed E-state index contributed by atoms with van der Waals surface area (Å²) in [5.74, 6) is -1.53. The highest BCUT2D eigenvalue weighted by molar-refractivity contribution is 5.83. The minimum absolute atomic E-state index is 0.124. The third-order valence-electron chi connectivity index (χ3n) is 3.12. The highest BCUT2D eigenvalue weighted by Gasteiger charge is 2.21. The number of carboxylic acid groups (broad SMARTS) is 1. The summed E-state index contributed by atoms with van der Waals surface area (Å²) in [5.41, 5.74) is -0.0150. The summed E-state index contributed by atoms with van der Waals surface area (Å²) in [6.45, 7) is 3.42. The van der Waals surface area contributed by atoms with Gasteiger partial charge in [-0.25, -0.2) is 14.3 Å². The average molecular weight is 306 g/mol. The molecule has 0 bridgehead atoms. The molecule has 0 spiro atoms. The number of carbonyl (C=O) groups excluding carboxylic acids is 1. The standard InChI is InChI=1S/C14H18N4O4/c1-9(2)7-10(13(20)21)15-12(19)8-18-14(22)17-6-4-3-5-11(17)16-18/h3-6,9-10H,7-8H2,1-2H3,(H,15,19)(H,20,21)/t10-/m1/s1. The lowest BCUT2D eigenvalue weighted by Crippen LogP contribution is -2.44. The number of carbonyl (C=O) groups is 2. The zero-order valence-electron chi connectivity index (χ0n) is 12.4. The number of fused-ring (bicyclic) bond motifs is 1. The van der Waals surface area contributed by atoms with Crippen LogP contribution in [0.1, 0.15) is 20.3 Å². The Kier molecular flexibility index (Phi) is 4.59. The van der Waals surface area contributed by atoms with Gasteiger partial charge in [0.1, 0.15) is 12.6 Å². The minimum atomic E-state index is -1.09. The number of nitrogens with zero attached hydrogens (tertiary/aromatic N) is 3. The van der Waals surface area contributed by atoms with Crippen molar-refractivity contribution in [1.29, 1.82) is 0 Å². The van der Waals surface area contributed by atoms with E-state index in [0.29, 0.717) is 12.1 Å². The minimum Gasteiger partial charge on any atom is -0.480 e. The normalized spacial score (nSPS) is 12.5. The number of hydrogen-bond acceptors (Lipinski definition) is 4. The molecule has 0 fully saturated rings. The van der Waals surface area contributed by atoms with Crippen LogP contribution in [0, 0.1) is 5.92 Å². The fourth-order valence-corrected chi connectivity index (χ4v) is 2.14. The average Bonchev–Trinajstić information content (AvgIpc) is 2.74. The zero-order chi connectivity index (χ0) is 16.3. The maximum atomic E-state index is 12.0. The molecule has 2 heterocycles. The fourth-order valence-electron chi connectivity index (χ4n) is 2.14. The molecular formula is C14H18N4O4. The van der Waals surface area contributed by atoms with Crippen molar-refractivity contribution < 1.29 is 14.7 Å². The lowest BCUT2D eigenvalue weighted by Gasteiger charge is -2.16. The molecule has 0 saturated carbocycles. The van der Waals surface area contributed by atoms with E-state index >= 15 is 0 Å². The molecule has 8 heteroatoms. The van der Waals surface area contributed by atoms with Gasteiger partial charge in [-0.15, -0.1) is 5.10 Å². The first-order valence-corrected chi connectivity index (χ1v) is 6.95. The fraction of sp³-hybridized carbons (Fsp3) is 0.429. The smallest absolute Gasteiger partial charge is 0.350 e. The molecule has 0 aromatic carbocycles. The van der Waals surface area contributed by atoms with Crippen LogP contribution in [-0.4, -0.2) is 37.2 Å². The van der Waals surface area contributed by atoms with E-state index in [0.717, 1.165) is 4.68 Å². The van der Waals surface area contributed by atoms with Gasteiger partial charge in [-0.1, -0.05) is 19.9 Å². The molecule has 0 aliphatic rings. The van der Waals surface area contributed by atoms with Gasteiger partial charge < -0.3 is 10.4 Å². The van der Waals surface area contributed by atoms with Crippen LogP contribution in [0.25, 0.3) is 5.65 Å². The predicted molar refractivity (Wildman–Crippen MR) is 78.5 cm³/mol. The summed E-state index contributed by atoms with van der Waals surface area (Å²) in [6.07, 6.45) is 1.87. The number of aromatic nitrogens is 3. The van der Waals surface area contributed by atoms with E-state index in [1.807, 2.05) is 13.8 Å². The van der Waals surface area contributed by atoms with Crippen molar-refractivity contribution in [3.05, 3.63) is 34.9 Å². The van der Waals surface area contributed by atoms with Crippen LogP contribution in [0.5, 0.6) is 0 Å². The van der Waals surface area contributed by atoms with Crippen molar-refractivity contribution in [2.24, 2.45) is 5.92 Å². The molecule has 2 N–H and O–H groups in total. The Morgan fingerprint density at radius 2 is 2.09 bits per heavy atom. The van der Waals surface area contributed by atoms with Gasteiger partial charge in [0.25, 0.3) is 0 Å². The number of amides is 1. The van der Waals surface area contributed by atoms with Gasteiger partial charge in [0.2, 0.25) is 5.91 Å². The van der Waals surface area contributed by atoms with E-state index in [-0.39, 0.29) is 12.5 Å². The Morgan fingerprint density at radius 1 is 1.36 bits per heavy atom. The number of aliphatic carboxylic acids is 1. The largest absolute Gasteiger partial charge is 0.480 e. The van der Waals surface area contributed by atoms with E-state index in [2.05, 4.69) is 10.4 Å². The molecule has 1 amide bonds. The van der Waals surface area contributed by atoms with Crippen LogP contribution < -0.4 is 11.0 Å². The molecule has 8 nitrogen and oxygen atoms in total. The zero-order valence-corrected chi connectivity index (χ0v) is 12.4. The second-order valence-corrected chi connectivity index (χ2v) is 5.46. The van der Waals surface area contributed by atoms with Crippen LogP contribution in [0.3, 0.4) is 0 Å². The predicted octanol–water partition coefficient (Wildman–Crippen LogP) is 0.111. The van der Waals surface area contributed by atoms with E-state index < -0.39 is 23.6 Å². The molecule has 0 aliphatic carbocycles. The molecule has 2 rings (SSSR count). The molecule has 0 radical (unpaired) electrons. The van der Waals surface area contributed by atoms with Crippen LogP contribution in [0.4, 0.5) is 0 Å². The first kappa shape index (κ1) is 15.7. The van der Waals surface area contributed by atoms with Crippen molar-refractivity contribution in [2.45, 2.75) is 32.9 Å². The molecule has 0 saturated heterocycles. The van der Waals surface area contributed by atoms with Gasteiger partial charge in [0.05, 0.1) is 0 Å². The lowest BCUT2D eigenvalue weighted by molar-refractivity contribution is -0.142.